The van der Waals surface area contributed by atoms with E-state index < -0.39 is 0 Å². The summed E-state index contributed by atoms with van der Waals surface area (Å²) in [7, 11) is 0. The van der Waals surface area contributed by atoms with E-state index in [9.17, 15) is 9.59 Å². The summed E-state index contributed by atoms with van der Waals surface area (Å²) in [6.07, 6.45) is 4.49. The Morgan fingerprint density at radius 3 is 2.67 bits per heavy atom. The zero-order chi connectivity index (χ0) is 21.1. The third kappa shape index (κ3) is 4.19. The normalized spacial score (nSPS) is 11.0. The molecule has 8 nitrogen and oxygen atoms in total. The summed E-state index contributed by atoms with van der Waals surface area (Å²) in [4.78, 5) is 33.2. The lowest BCUT2D eigenvalue weighted by atomic mass is 10.2. The van der Waals surface area contributed by atoms with Gasteiger partial charge in [0.25, 0.3) is 11.5 Å². The molecule has 30 heavy (non-hydrogen) atoms. The van der Waals surface area contributed by atoms with Crippen molar-refractivity contribution in [1.29, 1.82) is 0 Å². The van der Waals surface area contributed by atoms with E-state index in [1.807, 2.05) is 12.1 Å². The van der Waals surface area contributed by atoms with E-state index in [4.69, 9.17) is 23.2 Å². The number of fused-ring (bicyclic) bond motifs is 1. The van der Waals surface area contributed by atoms with Crippen LogP contribution in [0.3, 0.4) is 0 Å². The number of hydrogen-bond donors (Lipinski definition) is 1. The number of aromatic nitrogens is 5. The monoisotopic (exact) mass is 442 g/mol. The number of carbonyl (C=O) groups excluding carboxylic acids is 1. The lowest BCUT2D eigenvalue weighted by molar-refractivity contribution is 0.0952. The van der Waals surface area contributed by atoms with Gasteiger partial charge in [0, 0.05) is 17.8 Å². The van der Waals surface area contributed by atoms with Gasteiger partial charge >= 0.3 is 0 Å². The van der Waals surface area contributed by atoms with E-state index in [1.54, 1.807) is 28.9 Å². The van der Waals surface area contributed by atoms with Gasteiger partial charge in [0.15, 0.2) is 5.65 Å². The smallest absolute Gasteiger partial charge is 0.264 e. The average Bonchev–Trinajstić information content (AvgIpc) is 3.15. The fraction of sp³-hybridized carbons (Fsp3) is 0.150. The van der Waals surface area contributed by atoms with E-state index in [-0.39, 0.29) is 23.2 Å². The molecular weight excluding hydrogens is 427 g/mol. The molecule has 3 heterocycles. The van der Waals surface area contributed by atoms with Crippen molar-refractivity contribution >= 4 is 40.1 Å². The summed E-state index contributed by atoms with van der Waals surface area (Å²) in [5.74, 6) is -0.331. The zero-order valence-electron chi connectivity index (χ0n) is 15.6. The molecular formula is C20H16Cl2N6O2. The van der Waals surface area contributed by atoms with Gasteiger partial charge in [0.1, 0.15) is 16.9 Å². The molecule has 0 aliphatic heterocycles. The molecule has 0 aliphatic carbocycles. The predicted octanol–water partition coefficient (Wildman–Crippen LogP) is 2.77. The van der Waals surface area contributed by atoms with Crippen LogP contribution in [0, 0.1) is 0 Å². The molecule has 0 fully saturated rings. The van der Waals surface area contributed by atoms with Crippen LogP contribution >= 0.6 is 23.2 Å². The lowest BCUT2D eigenvalue weighted by Gasteiger charge is -2.08. The van der Waals surface area contributed by atoms with Crippen LogP contribution in [0.25, 0.3) is 11.0 Å². The SMILES string of the molecule is O=C(NCCn1ncc2c(=O)n(Cc3ccc(Cl)cc3)cnc21)c1cccnc1Cl. The fourth-order valence-corrected chi connectivity index (χ4v) is 3.32. The van der Waals surface area contributed by atoms with Crippen LogP contribution in [-0.4, -0.2) is 36.8 Å². The molecule has 0 saturated heterocycles. The van der Waals surface area contributed by atoms with Gasteiger partial charge in [-0.1, -0.05) is 35.3 Å². The third-order valence-electron chi connectivity index (χ3n) is 4.50. The minimum atomic E-state index is -0.331. The number of nitrogens with one attached hydrogen (secondary N) is 1. The Kier molecular flexibility index (Phi) is 5.78. The molecule has 0 saturated carbocycles. The van der Waals surface area contributed by atoms with Gasteiger partial charge in [0.05, 0.1) is 24.8 Å². The Labute approximate surface area is 181 Å². The number of nitrogens with zero attached hydrogens (tertiary/aromatic N) is 5. The first-order valence-corrected chi connectivity index (χ1v) is 9.82. The van der Waals surface area contributed by atoms with E-state index in [2.05, 4.69) is 20.4 Å². The average molecular weight is 443 g/mol. The largest absolute Gasteiger partial charge is 0.350 e. The first-order chi connectivity index (χ1) is 14.5. The summed E-state index contributed by atoms with van der Waals surface area (Å²) in [5, 5.41) is 8.19. The van der Waals surface area contributed by atoms with Crippen molar-refractivity contribution in [3.8, 4) is 0 Å². The molecule has 0 atom stereocenters. The van der Waals surface area contributed by atoms with Gasteiger partial charge in [-0.2, -0.15) is 5.10 Å². The first-order valence-electron chi connectivity index (χ1n) is 9.07. The Balaban J connectivity index is 1.46. The Morgan fingerprint density at radius 1 is 1.10 bits per heavy atom. The molecule has 0 aliphatic rings. The maximum Gasteiger partial charge on any atom is 0.264 e. The van der Waals surface area contributed by atoms with Crippen LogP contribution in [0.2, 0.25) is 10.2 Å². The van der Waals surface area contributed by atoms with Crippen LogP contribution in [-0.2, 0) is 13.1 Å². The number of pyridine rings is 1. The third-order valence-corrected chi connectivity index (χ3v) is 5.05. The summed E-state index contributed by atoms with van der Waals surface area (Å²) < 4.78 is 3.10. The Morgan fingerprint density at radius 2 is 1.90 bits per heavy atom. The topological polar surface area (TPSA) is 94.7 Å². The predicted molar refractivity (Wildman–Crippen MR) is 114 cm³/mol. The van der Waals surface area contributed by atoms with E-state index >= 15 is 0 Å². The van der Waals surface area contributed by atoms with Crippen molar-refractivity contribution in [2.75, 3.05) is 6.54 Å². The maximum atomic E-state index is 12.8. The van der Waals surface area contributed by atoms with E-state index in [1.165, 1.54) is 23.3 Å². The van der Waals surface area contributed by atoms with Crippen LogP contribution in [0.1, 0.15) is 15.9 Å². The Hall–Kier alpha value is -3.23. The molecule has 10 heteroatoms. The molecule has 1 aromatic carbocycles. The molecule has 0 unspecified atom stereocenters. The van der Waals surface area contributed by atoms with Crippen molar-refractivity contribution < 1.29 is 4.79 Å². The number of amides is 1. The molecule has 4 aromatic rings. The minimum Gasteiger partial charge on any atom is -0.350 e. The summed E-state index contributed by atoms with van der Waals surface area (Å²) in [6.45, 7) is 1.02. The molecule has 3 aromatic heterocycles. The highest BCUT2D eigenvalue weighted by atomic mass is 35.5. The van der Waals surface area contributed by atoms with Crippen molar-refractivity contribution in [3.63, 3.8) is 0 Å². The standard InChI is InChI=1S/C20H16Cl2N6O2/c21-14-5-3-13(4-6-14)11-27-12-25-18-16(20(27)30)10-26-28(18)9-8-24-19(29)15-2-1-7-23-17(15)22/h1-7,10,12H,8-9,11H2,(H,24,29). The lowest BCUT2D eigenvalue weighted by Crippen LogP contribution is -2.28. The van der Waals surface area contributed by atoms with Crippen LogP contribution in [0.15, 0.2) is 59.9 Å². The Bertz CT molecular complexity index is 1270. The summed E-state index contributed by atoms with van der Waals surface area (Å²) in [6, 6.07) is 10.5. The molecule has 1 N–H and O–H groups in total. The van der Waals surface area contributed by atoms with Crippen molar-refractivity contribution in [2.45, 2.75) is 13.1 Å². The van der Waals surface area contributed by atoms with Gasteiger partial charge in [-0.3, -0.25) is 14.2 Å². The van der Waals surface area contributed by atoms with Gasteiger partial charge in [-0.25, -0.2) is 14.6 Å². The molecule has 152 valence electrons. The second-order valence-electron chi connectivity index (χ2n) is 6.51. The number of rotatable bonds is 6. The number of carbonyl (C=O) groups is 1. The minimum absolute atomic E-state index is 0.141. The molecule has 0 radical (unpaired) electrons. The number of halogens is 2. The second-order valence-corrected chi connectivity index (χ2v) is 7.30. The zero-order valence-corrected chi connectivity index (χ0v) is 17.1. The van der Waals surface area contributed by atoms with Crippen LogP contribution in [0.5, 0.6) is 0 Å². The fourth-order valence-electron chi connectivity index (χ4n) is 2.99. The first kappa shape index (κ1) is 20.1. The molecule has 0 spiro atoms. The highest BCUT2D eigenvalue weighted by Crippen LogP contribution is 2.12. The highest BCUT2D eigenvalue weighted by Gasteiger charge is 2.12. The second kappa shape index (κ2) is 8.64. The van der Waals surface area contributed by atoms with E-state index in [0.717, 1.165) is 5.56 Å². The number of hydrogen-bond acceptors (Lipinski definition) is 5. The quantitative estimate of drug-likeness (QED) is 0.463. The van der Waals surface area contributed by atoms with Crippen molar-refractivity contribution in [3.05, 3.63) is 86.8 Å². The van der Waals surface area contributed by atoms with Crippen molar-refractivity contribution in [2.24, 2.45) is 0 Å². The van der Waals surface area contributed by atoms with Gasteiger partial charge in [-0.05, 0) is 29.8 Å². The molecule has 1 amide bonds. The highest BCUT2D eigenvalue weighted by molar-refractivity contribution is 6.32. The van der Waals surface area contributed by atoms with Gasteiger partial charge in [0.2, 0.25) is 0 Å². The summed E-state index contributed by atoms with van der Waals surface area (Å²) in [5.41, 5.74) is 1.51. The van der Waals surface area contributed by atoms with Crippen LogP contribution in [0.4, 0.5) is 0 Å². The van der Waals surface area contributed by atoms with E-state index in [0.29, 0.717) is 34.7 Å². The maximum absolute atomic E-state index is 12.8. The molecule has 0 bridgehead atoms. The summed E-state index contributed by atoms with van der Waals surface area (Å²) >= 11 is 11.8. The number of benzene rings is 1. The van der Waals surface area contributed by atoms with Crippen molar-refractivity contribution in [1.82, 2.24) is 29.6 Å². The van der Waals surface area contributed by atoms with Crippen LogP contribution < -0.4 is 10.9 Å². The van der Waals surface area contributed by atoms with Gasteiger partial charge in [-0.15, -0.1) is 0 Å². The van der Waals surface area contributed by atoms with Gasteiger partial charge < -0.3 is 5.32 Å². The molecule has 4 rings (SSSR count).